The Labute approximate surface area is 189 Å². The summed E-state index contributed by atoms with van der Waals surface area (Å²) in [6.45, 7) is 2.41. The molecule has 194 valence electrons. The summed E-state index contributed by atoms with van der Waals surface area (Å²) in [7, 11) is -14.2. The van der Waals surface area contributed by atoms with E-state index in [0.717, 1.165) is 12.1 Å². The fourth-order valence-corrected chi connectivity index (χ4v) is 3.65. The maximum absolute atomic E-state index is 13.8. The lowest BCUT2D eigenvalue weighted by Crippen LogP contribution is -2.61. The van der Waals surface area contributed by atoms with E-state index in [1.807, 2.05) is 0 Å². The lowest BCUT2D eigenvalue weighted by atomic mass is 9.81. The number of benzene rings is 1. The Morgan fingerprint density at radius 1 is 0.941 bits per heavy atom. The Hall–Kier alpha value is -2.24. The molecule has 1 atom stereocenters. The molecule has 1 aromatic carbocycles. The van der Waals surface area contributed by atoms with Crippen molar-refractivity contribution in [1.29, 1.82) is 0 Å². The monoisotopic (exact) mass is 544 g/mol. The van der Waals surface area contributed by atoms with Crippen molar-refractivity contribution in [3.8, 4) is 5.75 Å². The van der Waals surface area contributed by atoms with Crippen LogP contribution >= 0.6 is 0 Å². The average molecular weight is 544 g/mol. The van der Waals surface area contributed by atoms with Crippen LogP contribution in [0.5, 0.6) is 5.75 Å². The molecular weight excluding hydrogens is 526 g/mol. The summed E-state index contributed by atoms with van der Waals surface area (Å²) in [4.78, 5) is 24.3. The Morgan fingerprint density at radius 2 is 1.41 bits per heavy atom. The van der Waals surface area contributed by atoms with E-state index in [1.54, 1.807) is 6.92 Å². The van der Waals surface area contributed by atoms with Crippen LogP contribution in [-0.4, -0.2) is 61.1 Å². The molecule has 0 saturated carbocycles. The number of ketones is 2. The third kappa shape index (κ3) is 5.21. The van der Waals surface area contributed by atoms with Gasteiger partial charge in [0.05, 0.1) is 13.0 Å². The van der Waals surface area contributed by atoms with Crippen molar-refractivity contribution < 1.29 is 66.6 Å². The number of aliphatic hydroxyl groups is 1. The van der Waals surface area contributed by atoms with Crippen molar-refractivity contribution in [3.05, 3.63) is 29.8 Å². The first-order chi connectivity index (χ1) is 15.1. The first-order valence-corrected chi connectivity index (χ1v) is 11.8. The highest BCUT2D eigenvalue weighted by molar-refractivity contribution is 7.88. The molecule has 0 aliphatic rings. The quantitative estimate of drug-likeness (QED) is 0.133. The summed E-state index contributed by atoms with van der Waals surface area (Å²) in [6.07, 6.45) is -0.520. The predicted molar refractivity (Wildman–Crippen MR) is 102 cm³/mol. The normalized spacial score (nSPS) is 15.5. The van der Waals surface area contributed by atoms with Crippen molar-refractivity contribution in [3.63, 3.8) is 0 Å². The third-order valence-electron chi connectivity index (χ3n) is 4.87. The van der Waals surface area contributed by atoms with Gasteiger partial charge < -0.3 is 9.29 Å². The first-order valence-electron chi connectivity index (χ1n) is 8.93. The SMILES string of the molecule is CCC(C)(CO)C(=O)CC(=O)c1ccc(OS(=O)(=O)C(F)(F)C(F)(F)C(F)(F)S(=O)(=O)O)cc1. The highest BCUT2D eigenvalue weighted by Gasteiger charge is 2.83. The van der Waals surface area contributed by atoms with Gasteiger partial charge in [0.1, 0.15) is 11.5 Å². The van der Waals surface area contributed by atoms with Crippen LogP contribution in [0.25, 0.3) is 0 Å². The van der Waals surface area contributed by atoms with E-state index < -0.39 is 72.4 Å². The molecule has 0 heterocycles. The molecule has 1 unspecified atom stereocenters. The minimum absolute atomic E-state index is 0.190. The fraction of sp³-hybridized carbons (Fsp3) is 0.529. The van der Waals surface area contributed by atoms with Crippen molar-refractivity contribution >= 4 is 31.8 Å². The first kappa shape index (κ1) is 29.8. The van der Waals surface area contributed by atoms with Crippen LogP contribution in [0.2, 0.25) is 0 Å². The Morgan fingerprint density at radius 3 is 1.79 bits per heavy atom. The molecule has 17 heteroatoms. The largest absolute Gasteiger partial charge is 0.450 e. The van der Waals surface area contributed by atoms with Crippen LogP contribution in [0.15, 0.2) is 24.3 Å². The fourth-order valence-electron chi connectivity index (χ4n) is 2.22. The van der Waals surface area contributed by atoms with E-state index in [2.05, 4.69) is 4.18 Å². The lowest BCUT2D eigenvalue weighted by molar-refractivity contribution is -0.247. The van der Waals surface area contributed by atoms with Crippen molar-refractivity contribution in [1.82, 2.24) is 0 Å². The molecule has 0 aliphatic carbocycles. The van der Waals surface area contributed by atoms with Gasteiger partial charge in [0, 0.05) is 11.0 Å². The number of Topliss-reactive ketones (excluding diaryl/α,β-unsaturated/α-hetero) is 2. The van der Waals surface area contributed by atoms with Gasteiger partial charge in [0.2, 0.25) is 0 Å². The highest BCUT2D eigenvalue weighted by Crippen LogP contribution is 2.50. The number of hydrogen-bond donors (Lipinski definition) is 2. The van der Waals surface area contributed by atoms with Gasteiger partial charge in [-0.3, -0.25) is 14.1 Å². The number of aliphatic hydroxyl groups excluding tert-OH is 1. The molecule has 9 nitrogen and oxygen atoms in total. The molecule has 1 rings (SSSR count). The zero-order valence-corrected chi connectivity index (χ0v) is 18.9. The number of alkyl halides is 6. The maximum Gasteiger partial charge on any atom is 0.450 e. The molecular formula is C17H18F6O9S2. The van der Waals surface area contributed by atoms with Crippen LogP contribution in [0.3, 0.4) is 0 Å². The Kier molecular flexibility index (Phi) is 8.26. The number of halogens is 6. The standard InChI is InChI=1S/C17H18F6O9S2/c1-3-14(2,9-24)13(26)8-12(25)10-4-6-11(7-5-10)32-34(30,31)17(22,23)15(18,19)16(20,21)33(27,28)29/h4-7,24H,3,8-9H2,1-2H3,(H,27,28,29). The summed E-state index contributed by atoms with van der Waals surface area (Å²) >= 11 is 0. The van der Waals surface area contributed by atoms with Crippen LogP contribution in [0, 0.1) is 5.41 Å². The molecule has 0 radical (unpaired) electrons. The van der Waals surface area contributed by atoms with Crippen molar-refractivity contribution in [2.24, 2.45) is 5.41 Å². The molecule has 0 aromatic heterocycles. The van der Waals surface area contributed by atoms with E-state index in [4.69, 9.17) is 4.55 Å². The van der Waals surface area contributed by atoms with Gasteiger partial charge >= 0.3 is 36.7 Å². The molecule has 2 N–H and O–H groups in total. The zero-order valence-electron chi connectivity index (χ0n) is 17.3. The number of carbonyl (C=O) groups is 2. The summed E-state index contributed by atoms with van der Waals surface area (Å²) in [5.74, 6) is -9.83. The van der Waals surface area contributed by atoms with Crippen LogP contribution in [-0.2, 0) is 25.0 Å². The minimum atomic E-state index is -7.18. The summed E-state index contributed by atoms with van der Waals surface area (Å²) < 4.78 is 137. The molecule has 0 aliphatic heterocycles. The Bertz CT molecular complexity index is 1140. The Balaban J connectivity index is 3.17. The number of rotatable bonds is 12. The van der Waals surface area contributed by atoms with E-state index in [9.17, 15) is 57.9 Å². The van der Waals surface area contributed by atoms with E-state index in [0.29, 0.717) is 12.1 Å². The topological polar surface area (TPSA) is 152 Å². The third-order valence-corrected chi connectivity index (χ3v) is 7.08. The second-order valence-electron chi connectivity index (χ2n) is 7.24. The molecule has 0 bridgehead atoms. The second kappa shape index (κ2) is 9.43. The number of carbonyl (C=O) groups excluding carboxylic acids is 2. The van der Waals surface area contributed by atoms with E-state index >= 15 is 0 Å². The van der Waals surface area contributed by atoms with Crippen LogP contribution < -0.4 is 4.18 Å². The molecule has 0 amide bonds. The van der Waals surface area contributed by atoms with Gasteiger partial charge in [0.25, 0.3) is 0 Å². The van der Waals surface area contributed by atoms with Gasteiger partial charge in [-0.2, -0.15) is 43.2 Å². The average Bonchev–Trinajstić information content (AvgIpc) is 2.71. The van der Waals surface area contributed by atoms with Gasteiger partial charge in [-0.25, -0.2) is 0 Å². The van der Waals surface area contributed by atoms with Crippen LogP contribution in [0.1, 0.15) is 37.0 Å². The van der Waals surface area contributed by atoms with Crippen molar-refractivity contribution in [2.45, 2.75) is 43.1 Å². The van der Waals surface area contributed by atoms with E-state index in [1.165, 1.54) is 6.92 Å². The van der Waals surface area contributed by atoms with Gasteiger partial charge in [0.15, 0.2) is 5.78 Å². The van der Waals surface area contributed by atoms with Crippen LogP contribution in [0.4, 0.5) is 26.3 Å². The smallest absolute Gasteiger partial charge is 0.395 e. The lowest BCUT2D eigenvalue weighted by Gasteiger charge is -2.29. The summed E-state index contributed by atoms with van der Waals surface area (Å²) in [5.41, 5.74) is -1.52. The maximum atomic E-state index is 13.8. The predicted octanol–water partition coefficient (Wildman–Crippen LogP) is 2.65. The second-order valence-corrected chi connectivity index (χ2v) is 10.3. The van der Waals surface area contributed by atoms with E-state index in [-0.39, 0.29) is 12.0 Å². The minimum Gasteiger partial charge on any atom is -0.395 e. The molecule has 34 heavy (non-hydrogen) atoms. The molecule has 0 fully saturated rings. The van der Waals surface area contributed by atoms with Crippen molar-refractivity contribution in [2.75, 3.05) is 6.61 Å². The molecule has 0 spiro atoms. The van der Waals surface area contributed by atoms with Gasteiger partial charge in [-0.15, -0.1) is 0 Å². The zero-order chi connectivity index (χ0) is 27.0. The summed E-state index contributed by atoms with van der Waals surface area (Å²) in [6, 6.07) is 2.47. The highest BCUT2D eigenvalue weighted by atomic mass is 32.2. The molecule has 1 aromatic rings. The number of hydrogen-bond acceptors (Lipinski definition) is 8. The summed E-state index contributed by atoms with van der Waals surface area (Å²) in [5, 5.41) is -4.48. The molecule has 0 saturated heterocycles. The van der Waals surface area contributed by atoms with Gasteiger partial charge in [-0.05, 0) is 30.7 Å². The van der Waals surface area contributed by atoms with Gasteiger partial charge in [-0.1, -0.05) is 13.8 Å².